The Morgan fingerprint density at radius 3 is 2.40 bits per heavy atom. The predicted octanol–water partition coefficient (Wildman–Crippen LogP) is 4.71. The molecule has 0 aliphatic rings. The SMILES string of the molecule is COc1ccc(N(C(C)C(=O)N/N=C/c2cc(C)n(-c3cc(Cl)ccc3Cl)c2C)S(C)(=O)=O)cc1. The fourth-order valence-electron chi connectivity index (χ4n) is 3.74. The van der Waals surface area contributed by atoms with Crippen molar-refractivity contribution in [2.75, 3.05) is 17.7 Å². The summed E-state index contributed by atoms with van der Waals surface area (Å²) < 4.78 is 33.0. The van der Waals surface area contributed by atoms with Gasteiger partial charge in [0.2, 0.25) is 10.0 Å². The summed E-state index contributed by atoms with van der Waals surface area (Å²) in [5.74, 6) is -0.0187. The van der Waals surface area contributed by atoms with Crippen LogP contribution in [0.15, 0.2) is 53.6 Å². The smallest absolute Gasteiger partial charge is 0.263 e. The summed E-state index contributed by atoms with van der Waals surface area (Å²) in [7, 11) is -2.24. The number of rotatable bonds is 8. The lowest BCUT2D eigenvalue weighted by molar-refractivity contribution is -0.121. The molecule has 3 aromatic rings. The number of halogens is 2. The summed E-state index contributed by atoms with van der Waals surface area (Å²) in [4.78, 5) is 12.8. The zero-order valence-corrected chi connectivity index (χ0v) is 22.2. The van der Waals surface area contributed by atoms with Crippen LogP contribution >= 0.6 is 23.2 Å². The van der Waals surface area contributed by atoms with Crippen LogP contribution in [0.1, 0.15) is 23.9 Å². The van der Waals surface area contributed by atoms with E-state index in [1.54, 1.807) is 42.5 Å². The summed E-state index contributed by atoms with van der Waals surface area (Å²) in [5.41, 5.74) is 5.99. The molecule has 11 heteroatoms. The van der Waals surface area contributed by atoms with Crippen LogP contribution in [0.3, 0.4) is 0 Å². The van der Waals surface area contributed by atoms with Gasteiger partial charge in [-0.3, -0.25) is 9.10 Å². The van der Waals surface area contributed by atoms with Crippen LogP contribution in [0.5, 0.6) is 5.75 Å². The van der Waals surface area contributed by atoms with Gasteiger partial charge >= 0.3 is 0 Å². The molecule has 186 valence electrons. The molecule has 0 spiro atoms. The number of carbonyl (C=O) groups is 1. The van der Waals surface area contributed by atoms with Crippen LogP contribution in [-0.4, -0.2) is 44.5 Å². The Morgan fingerprint density at radius 1 is 1.14 bits per heavy atom. The number of sulfonamides is 1. The topological polar surface area (TPSA) is 93.0 Å². The van der Waals surface area contributed by atoms with Crippen molar-refractivity contribution >= 4 is 51.0 Å². The van der Waals surface area contributed by atoms with Gasteiger partial charge in [-0.15, -0.1) is 0 Å². The maximum absolute atomic E-state index is 12.8. The van der Waals surface area contributed by atoms with Crippen molar-refractivity contribution in [3.05, 3.63) is 75.5 Å². The largest absolute Gasteiger partial charge is 0.497 e. The standard InChI is InChI=1S/C24H26Cl2N4O4S/c1-15-12-18(16(2)29(15)23-13-19(25)6-11-22(23)26)14-27-28-24(31)17(3)30(35(5,32)33)20-7-9-21(34-4)10-8-20/h6-14,17H,1-5H3,(H,28,31)/b27-14+. The summed E-state index contributed by atoms with van der Waals surface area (Å²) in [6, 6.07) is 12.4. The summed E-state index contributed by atoms with van der Waals surface area (Å²) >= 11 is 12.5. The van der Waals surface area contributed by atoms with Crippen molar-refractivity contribution < 1.29 is 17.9 Å². The first kappa shape index (κ1) is 26.6. The van der Waals surface area contributed by atoms with E-state index >= 15 is 0 Å². The van der Waals surface area contributed by atoms with Gasteiger partial charge in [-0.05, 0) is 69.3 Å². The molecule has 2 aromatic carbocycles. The van der Waals surface area contributed by atoms with Crippen LogP contribution in [0.25, 0.3) is 5.69 Å². The number of nitrogens with zero attached hydrogens (tertiary/aromatic N) is 3. The molecule has 0 saturated heterocycles. The molecule has 1 unspecified atom stereocenters. The highest BCUT2D eigenvalue weighted by molar-refractivity contribution is 7.92. The highest BCUT2D eigenvalue weighted by Crippen LogP contribution is 2.28. The second-order valence-corrected chi connectivity index (χ2v) is 10.6. The molecular weight excluding hydrogens is 511 g/mol. The third-order valence-corrected chi connectivity index (χ3v) is 7.21. The number of carbonyl (C=O) groups excluding carboxylic acids is 1. The highest BCUT2D eigenvalue weighted by Gasteiger charge is 2.29. The Hall–Kier alpha value is -3.01. The quantitative estimate of drug-likeness (QED) is 0.333. The van der Waals surface area contributed by atoms with Crippen molar-refractivity contribution in [1.82, 2.24) is 9.99 Å². The average Bonchev–Trinajstić information content (AvgIpc) is 3.07. The van der Waals surface area contributed by atoms with Crippen molar-refractivity contribution in [1.29, 1.82) is 0 Å². The molecule has 1 heterocycles. The Labute approximate surface area is 215 Å². The second kappa shape index (κ2) is 10.7. The van der Waals surface area contributed by atoms with Gasteiger partial charge < -0.3 is 9.30 Å². The molecular formula is C24H26Cl2N4O4S. The zero-order valence-electron chi connectivity index (χ0n) is 19.9. The van der Waals surface area contributed by atoms with Crippen LogP contribution in [-0.2, 0) is 14.8 Å². The second-order valence-electron chi connectivity index (χ2n) is 7.92. The van der Waals surface area contributed by atoms with Gasteiger partial charge in [0, 0.05) is 22.0 Å². The zero-order chi connectivity index (χ0) is 25.9. The summed E-state index contributed by atoms with van der Waals surface area (Å²) in [6.45, 7) is 5.30. The molecule has 0 bridgehead atoms. The molecule has 3 rings (SSSR count). The Balaban J connectivity index is 1.81. The molecule has 35 heavy (non-hydrogen) atoms. The fourth-order valence-corrected chi connectivity index (χ4v) is 5.29. The van der Waals surface area contributed by atoms with E-state index in [4.69, 9.17) is 27.9 Å². The first-order valence-electron chi connectivity index (χ1n) is 10.5. The Morgan fingerprint density at radius 2 is 1.80 bits per heavy atom. The number of anilines is 1. The third kappa shape index (κ3) is 5.98. The van der Waals surface area contributed by atoms with E-state index in [0.29, 0.717) is 21.5 Å². The van der Waals surface area contributed by atoms with E-state index in [2.05, 4.69) is 10.5 Å². The lowest BCUT2D eigenvalue weighted by Crippen LogP contribution is -2.46. The van der Waals surface area contributed by atoms with E-state index < -0.39 is 22.0 Å². The molecule has 1 N–H and O–H groups in total. The molecule has 0 aliphatic heterocycles. The molecule has 1 atom stereocenters. The normalized spacial score (nSPS) is 12.5. The fraction of sp³-hybridized carbons (Fsp3) is 0.250. The molecule has 1 aromatic heterocycles. The minimum Gasteiger partial charge on any atom is -0.497 e. The number of amides is 1. The predicted molar refractivity (Wildman–Crippen MR) is 141 cm³/mol. The van der Waals surface area contributed by atoms with Gasteiger partial charge in [0.15, 0.2) is 0 Å². The van der Waals surface area contributed by atoms with Crippen molar-refractivity contribution in [2.45, 2.75) is 26.8 Å². The van der Waals surface area contributed by atoms with Crippen LogP contribution in [0.2, 0.25) is 10.0 Å². The van der Waals surface area contributed by atoms with Gasteiger partial charge in [-0.2, -0.15) is 5.10 Å². The molecule has 1 amide bonds. The monoisotopic (exact) mass is 536 g/mol. The van der Waals surface area contributed by atoms with Gasteiger partial charge in [0.05, 0.1) is 36.0 Å². The lowest BCUT2D eigenvalue weighted by atomic mass is 10.2. The minimum absolute atomic E-state index is 0.335. The number of ether oxygens (including phenoxy) is 1. The van der Waals surface area contributed by atoms with Crippen molar-refractivity contribution in [2.24, 2.45) is 5.10 Å². The van der Waals surface area contributed by atoms with Crippen LogP contribution in [0, 0.1) is 13.8 Å². The van der Waals surface area contributed by atoms with Crippen LogP contribution in [0.4, 0.5) is 5.69 Å². The summed E-state index contributed by atoms with van der Waals surface area (Å²) in [5, 5.41) is 5.16. The number of hydrogen-bond acceptors (Lipinski definition) is 5. The number of nitrogens with one attached hydrogen (secondary N) is 1. The van der Waals surface area contributed by atoms with E-state index in [1.165, 1.54) is 20.2 Å². The molecule has 0 radical (unpaired) electrons. The maximum Gasteiger partial charge on any atom is 0.263 e. The third-order valence-electron chi connectivity index (χ3n) is 5.41. The molecule has 8 nitrogen and oxygen atoms in total. The molecule has 0 saturated carbocycles. The number of aryl methyl sites for hydroxylation is 1. The van der Waals surface area contributed by atoms with Gasteiger partial charge in [0.1, 0.15) is 11.8 Å². The van der Waals surface area contributed by atoms with E-state index in [1.807, 2.05) is 24.5 Å². The van der Waals surface area contributed by atoms with E-state index in [9.17, 15) is 13.2 Å². The van der Waals surface area contributed by atoms with Gasteiger partial charge in [0.25, 0.3) is 5.91 Å². The number of hydrazone groups is 1. The first-order valence-corrected chi connectivity index (χ1v) is 13.1. The van der Waals surface area contributed by atoms with E-state index in [0.717, 1.165) is 33.2 Å². The van der Waals surface area contributed by atoms with Crippen LogP contribution < -0.4 is 14.5 Å². The number of aromatic nitrogens is 1. The molecule has 0 aliphatic carbocycles. The average molecular weight is 537 g/mol. The Kier molecular flexibility index (Phi) is 8.15. The van der Waals surface area contributed by atoms with Crippen molar-refractivity contribution in [3.8, 4) is 11.4 Å². The number of benzene rings is 2. The number of hydrogen-bond donors (Lipinski definition) is 1. The van der Waals surface area contributed by atoms with E-state index in [-0.39, 0.29) is 0 Å². The first-order chi connectivity index (χ1) is 16.4. The highest BCUT2D eigenvalue weighted by atomic mass is 35.5. The minimum atomic E-state index is -3.75. The van der Waals surface area contributed by atoms with Gasteiger partial charge in [-0.1, -0.05) is 23.2 Å². The molecule has 0 fully saturated rings. The Bertz CT molecular complexity index is 1370. The number of methoxy groups -OCH3 is 1. The lowest BCUT2D eigenvalue weighted by Gasteiger charge is -2.27. The van der Waals surface area contributed by atoms with Gasteiger partial charge in [-0.25, -0.2) is 13.8 Å². The maximum atomic E-state index is 12.8. The summed E-state index contributed by atoms with van der Waals surface area (Å²) in [6.07, 6.45) is 2.54. The van der Waals surface area contributed by atoms with Crippen molar-refractivity contribution in [3.63, 3.8) is 0 Å².